The molecule has 0 spiro atoms. The normalized spacial score (nSPS) is 12.2. The zero-order valence-electron chi connectivity index (χ0n) is 22.9. The number of hydrogen-bond acceptors (Lipinski definition) is 8. The van der Waals surface area contributed by atoms with E-state index in [1.165, 1.54) is 0 Å². The van der Waals surface area contributed by atoms with Gasteiger partial charge < -0.3 is 40.1 Å². The number of hydrogen-bond donors (Lipinski definition) is 6. The molecular formula is C31H40O8. The minimum Gasteiger partial charge on any atom is -0.507 e. The summed E-state index contributed by atoms with van der Waals surface area (Å²) in [6.07, 6.45) is 1.30. The van der Waals surface area contributed by atoms with Crippen molar-refractivity contribution in [3.8, 4) is 17.2 Å². The molecule has 8 nitrogen and oxygen atoms in total. The number of aryl methyl sites for hydroxylation is 1. The van der Waals surface area contributed by atoms with E-state index in [0.29, 0.717) is 34.2 Å². The second kappa shape index (κ2) is 14.3. The average Bonchev–Trinajstić information content (AvgIpc) is 2.91. The maximum absolute atomic E-state index is 10.9. The minimum absolute atomic E-state index is 0.0485. The summed E-state index contributed by atoms with van der Waals surface area (Å²) in [6, 6.07) is 11.2. The monoisotopic (exact) mass is 540 g/mol. The lowest BCUT2D eigenvalue weighted by Gasteiger charge is -2.25. The number of methoxy groups -OCH3 is 2. The molecule has 0 aromatic heterocycles. The first-order chi connectivity index (χ1) is 18.8. The third-order valence-corrected chi connectivity index (χ3v) is 6.99. The molecule has 0 saturated heterocycles. The van der Waals surface area contributed by atoms with Gasteiger partial charge in [0.25, 0.3) is 0 Å². The maximum Gasteiger partial charge on any atom is 0.124 e. The van der Waals surface area contributed by atoms with Gasteiger partial charge in [0.1, 0.15) is 17.2 Å². The Balaban J connectivity index is 2.41. The van der Waals surface area contributed by atoms with Crippen LogP contribution in [0.3, 0.4) is 0 Å². The van der Waals surface area contributed by atoms with E-state index in [1.807, 2.05) is 43.3 Å². The standard InChI is InChI=1S/C31H40O8/c1-4-19-11-23(15-26(17-38-2)29(19)35)28(24-12-20(5-8-32)30(36)21(13-24)6-9-33)25-14-22(7-10-34)31(37)27(16-25)18-39-3/h11-16,28,32-37H,4-10,17-18H2,1-3H3. The molecule has 0 radical (unpaired) electrons. The topological polar surface area (TPSA) is 140 Å². The van der Waals surface area contributed by atoms with Crippen LogP contribution in [0.25, 0.3) is 0 Å². The van der Waals surface area contributed by atoms with E-state index in [1.54, 1.807) is 14.2 Å². The molecule has 3 rings (SSSR count). The molecule has 0 aliphatic rings. The molecule has 1 unspecified atom stereocenters. The van der Waals surface area contributed by atoms with E-state index in [4.69, 9.17) is 9.47 Å². The van der Waals surface area contributed by atoms with Crippen molar-refractivity contribution in [2.45, 2.75) is 51.7 Å². The van der Waals surface area contributed by atoms with Gasteiger partial charge in [-0.15, -0.1) is 0 Å². The van der Waals surface area contributed by atoms with Crippen molar-refractivity contribution >= 4 is 0 Å². The molecule has 3 aromatic rings. The molecule has 6 N–H and O–H groups in total. The van der Waals surface area contributed by atoms with E-state index < -0.39 is 5.92 Å². The van der Waals surface area contributed by atoms with Crippen LogP contribution in [0, 0.1) is 0 Å². The summed E-state index contributed by atoms with van der Waals surface area (Å²) in [6.45, 7) is 1.87. The number of aromatic hydroxyl groups is 3. The van der Waals surface area contributed by atoms with Gasteiger partial charge in [-0.1, -0.05) is 31.2 Å². The Hall–Kier alpha value is -3.14. The molecular weight excluding hydrogens is 500 g/mol. The second-order valence-electron chi connectivity index (χ2n) is 9.64. The molecule has 212 valence electrons. The Morgan fingerprint density at radius 1 is 0.538 bits per heavy atom. The molecule has 0 saturated carbocycles. The zero-order valence-corrected chi connectivity index (χ0v) is 22.9. The number of ether oxygens (including phenoxy) is 2. The van der Waals surface area contributed by atoms with E-state index in [2.05, 4.69) is 0 Å². The minimum atomic E-state index is -0.421. The predicted molar refractivity (Wildman–Crippen MR) is 148 cm³/mol. The van der Waals surface area contributed by atoms with Gasteiger partial charge in [0.2, 0.25) is 0 Å². The molecule has 8 heteroatoms. The van der Waals surface area contributed by atoms with Crippen LogP contribution < -0.4 is 0 Å². The van der Waals surface area contributed by atoms with Crippen LogP contribution in [0.15, 0.2) is 36.4 Å². The second-order valence-corrected chi connectivity index (χ2v) is 9.64. The van der Waals surface area contributed by atoms with Crippen molar-refractivity contribution in [3.05, 3.63) is 86.5 Å². The highest BCUT2D eigenvalue weighted by atomic mass is 16.5. The van der Waals surface area contributed by atoms with Gasteiger partial charge in [-0.3, -0.25) is 0 Å². The number of rotatable bonds is 14. The first kappa shape index (κ1) is 30.4. The summed E-state index contributed by atoms with van der Waals surface area (Å²) >= 11 is 0. The average molecular weight is 541 g/mol. The van der Waals surface area contributed by atoms with Crippen LogP contribution in [0.5, 0.6) is 17.2 Å². The summed E-state index contributed by atoms with van der Waals surface area (Å²) in [5, 5.41) is 61.6. The summed E-state index contributed by atoms with van der Waals surface area (Å²) in [5.74, 6) is -0.120. The van der Waals surface area contributed by atoms with Crippen LogP contribution in [0.2, 0.25) is 0 Å². The molecule has 0 amide bonds. The first-order valence-electron chi connectivity index (χ1n) is 13.2. The molecule has 0 heterocycles. The highest BCUT2D eigenvalue weighted by Crippen LogP contribution is 2.41. The fourth-order valence-electron chi connectivity index (χ4n) is 5.17. The number of aliphatic hydroxyl groups is 3. The lowest BCUT2D eigenvalue weighted by atomic mass is 9.80. The summed E-state index contributed by atoms with van der Waals surface area (Å²) in [5.41, 5.74) is 6.12. The number of phenols is 3. The summed E-state index contributed by atoms with van der Waals surface area (Å²) in [7, 11) is 3.11. The van der Waals surface area contributed by atoms with Gasteiger partial charge in [0.15, 0.2) is 0 Å². The van der Waals surface area contributed by atoms with Gasteiger partial charge in [0.05, 0.1) is 13.2 Å². The fourth-order valence-corrected chi connectivity index (χ4v) is 5.17. The molecule has 0 aliphatic heterocycles. The summed E-state index contributed by atoms with van der Waals surface area (Å²) in [4.78, 5) is 0. The maximum atomic E-state index is 10.9. The van der Waals surface area contributed by atoms with Gasteiger partial charge >= 0.3 is 0 Å². The van der Waals surface area contributed by atoms with E-state index in [0.717, 1.165) is 22.3 Å². The Morgan fingerprint density at radius 2 is 0.846 bits per heavy atom. The van der Waals surface area contributed by atoms with Crippen molar-refractivity contribution in [2.75, 3.05) is 34.0 Å². The van der Waals surface area contributed by atoms with Gasteiger partial charge in [-0.05, 0) is 76.8 Å². The van der Waals surface area contributed by atoms with Crippen LogP contribution in [0.1, 0.15) is 62.9 Å². The smallest absolute Gasteiger partial charge is 0.124 e. The van der Waals surface area contributed by atoms with Crippen molar-refractivity contribution in [1.29, 1.82) is 0 Å². The Bertz CT molecular complexity index is 1130. The number of aliphatic hydroxyl groups excluding tert-OH is 3. The lowest BCUT2D eigenvalue weighted by Crippen LogP contribution is -2.10. The Labute approximate surface area is 229 Å². The van der Waals surface area contributed by atoms with Crippen LogP contribution in [0.4, 0.5) is 0 Å². The lowest BCUT2D eigenvalue weighted by molar-refractivity contribution is 0.181. The number of phenolic OH excluding ortho intramolecular Hbond substituents is 3. The summed E-state index contributed by atoms with van der Waals surface area (Å²) < 4.78 is 10.7. The van der Waals surface area contributed by atoms with Crippen molar-refractivity contribution in [3.63, 3.8) is 0 Å². The van der Waals surface area contributed by atoms with Crippen LogP contribution in [-0.4, -0.2) is 64.7 Å². The fraction of sp³-hybridized carbons (Fsp3) is 0.419. The SMILES string of the molecule is CCc1cc(C(c2cc(CCO)c(O)c(CCO)c2)c2cc(CCO)c(O)c(COC)c2)cc(COC)c1O. The van der Waals surface area contributed by atoms with E-state index >= 15 is 0 Å². The van der Waals surface area contributed by atoms with Gasteiger partial charge in [-0.25, -0.2) is 0 Å². The third kappa shape index (κ3) is 6.90. The largest absolute Gasteiger partial charge is 0.507 e. The van der Waals surface area contributed by atoms with Crippen molar-refractivity contribution in [2.24, 2.45) is 0 Å². The zero-order chi connectivity index (χ0) is 28.5. The quantitative estimate of drug-likeness (QED) is 0.171. The molecule has 0 aliphatic carbocycles. The highest BCUT2D eigenvalue weighted by molar-refractivity contribution is 5.56. The molecule has 1 atom stereocenters. The van der Waals surface area contributed by atoms with Gasteiger partial charge in [-0.2, -0.15) is 0 Å². The van der Waals surface area contributed by atoms with Crippen molar-refractivity contribution < 1.29 is 40.1 Å². The van der Waals surface area contributed by atoms with Crippen molar-refractivity contribution in [1.82, 2.24) is 0 Å². The Kier molecular flexibility index (Phi) is 11.2. The third-order valence-electron chi connectivity index (χ3n) is 6.99. The molecule has 0 fully saturated rings. The van der Waals surface area contributed by atoms with Crippen LogP contribution in [-0.2, 0) is 48.4 Å². The molecule has 0 bridgehead atoms. The first-order valence-corrected chi connectivity index (χ1v) is 13.2. The van der Waals surface area contributed by atoms with E-state index in [9.17, 15) is 30.6 Å². The highest BCUT2D eigenvalue weighted by Gasteiger charge is 2.25. The molecule has 39 heavy (non-hydrogen) atoms. The van der Waals surface area contributed by atoms with Crippen LogP contribution >= 0.6 is 0 Å². The van der Waals surface area contributed by atoms with Gasteiger partial charge in [0, 0.05) is 51.1 Å². The Morgan fingerprint density at radius 3 is 1.18 bits per heavy atom. The predicted octanol–water partition coefficient (Wildman–Crippen LogP) is 3.44. The van der Waals surface area contributed by atoms with E-state index in [-0.39, 0.29) is 69.5 Å². The number of benzene rings is 3. The molecule has 3 aromatic carbocycles.